The minimum absolute atomic E-state index is 1.07. The van der Waals surface area contributed by atoms with Gasteiger partial charge in [-0.3, -0.25) is 0 Å². The first-order valence-electron chi connectivity index (χ1n) is 21.3. The highest BCUT2D eigenvalue weighted by Crippen LogP contribution is 2.44. The van der Waals surface area contributed by atoms with Crippen molar-refractivity contribution in [3.05, 3.63) is 255 Å². The van der Waals surface area contributed by atoms with E-state index in [1.165, 1.54) is 89.0 Å². The van der Waals surface area contributed by atoms with Crippen LogP contribution in [0.5, 0.6) is 0 Å². The van der Waals surface area contributed by atoms with Crippen LogP contribution < -0.4 is 0 Å². The molecule has 1 aliphatic rings. The van der Waals surface area contributed by atoms with Crippen LogP contribution in [0, 0.1) is 107 Å². The normalized spacial score (nSPS) is 12.9. The first kappa shape index (κ1) is 39.0. The van der Waals surface area contributed by atoms with E-state index < -0.39 is 0 Å². The third kappa shape index (κ3) is 6.55. The van der Waals surface area contributed by atoms with Crippen molar-refractivity contribution in [2.45, 2.75) is 83.1 Å². The maximum Gasteiger partial charge on any atom is 0.126 e. The van der Waals surface area contributed by atoms with Gasteiger partial charge in [-0.05, 0) is 154 Å². The second-order valence-corrected chi connectivity index (χ2v) is 17.7. The Kier molecular flexibility index (Phi) is 9.51. The van der Waals surface area contributed by atoms with Gasteiger partial charge in [-0.15, -0.1) is 0 Å². The van der Waals surface area contributed by atoms with Crippen molar-refractivity contribution in [2.24, 2.45) is 0 Å². The minimum atomic E-state index is 1.07. The van der Waals surface area contributed by atoms with Crippen molar-refractivity contribution in [1.82, 2.24) is 19.9 Å². The molecule has 4 nitrogen and oxygen atoms in total. The maximum absolute atomic E-state index is 4.03. The van der Waals surface area contributed by atoms with E-state index in [1.807, 2.05) is 0 Å². The monoisotopic (exact) mass is 784 g/mol. The predicted octanol–water partition coefficient (Wildman–Crippen LogP) is 13.1. The Labute approximate surface area is 357 Å². The molecule has 4 aromatic heterocycles. The number of aromatic nitrogens is 4. The summed E-state index contributed by atoms with van der Waals surface area (Å²) < 4.78 is 0. The van der Waals surface area contributed by atoms with Gasteiger partial charge in [0.05, 0.1) is 70.8 Å². The van der Waals surface area contributed by atoms with Crippen LogP contribution >= 0.6 is 0 Å². The zero-order valence-electron chi connectivity index (χ0n) is 37.2. The number of aryl methyl sites for hydroxylation is 12. The van der Waals surface area contributed by atoms with Gasteiger partial charge in [0, 0.05) is 44.5 Å². The lowest BCUT2D eigenvalue weighted by Gasteiger charge is -2.18. The molecule has 0 fully saturated rings. The van der Waals surface area contributed by atoms with Gasteiger partial charge in [-0.1, -0.05) is 0 Å². The molecule has 0 atom stereocenters. The summed E-state index contributed by atoms with van der Waals surface area (Å²) in [5.74, 6) is 4.62. The second kappa shape index (κ2) is 14.6. The highest BCUT2D eigenvalue weighted by atomic mass is 14.8. The zero-order valence-corrected chi connectivity index (χ0v) is 37.2. The molecule has 1 aliphatic heterocycles. The SMILES string of the molecule is Cc1cc(C)c([C+]2c3ccc([nH]3)[C+](c3c(C)cc(C)cc3C)c3ccc([nH]3)[C+](c3c(C)cc(C)cc3C)c3ccc([nH]3)[C+](c3c(C)cc(C)cc3C)c3ccc2[nH]3)c(C)c1. The number of aromatic amines is 4. The van der Waals surface area contributed by atoms with Gasteiger partial charge in [0.2, 0.25) is 0 Å². The largest absolute Gasteiger partial charge is 0.327 e. The van der Waals surface area contributed by atoms with Crippen LogP contribution in [0.3, 0.4) is 0 Å². The number of hydrogen-bond donors (Lipinski definition) is 4. The van der Waals surface area contributed by atoms with Crippen LogP contribution in [-0.2, 0) is 0 Å². The van der Waals surface area contributed by atoms with Crippen molar-refractivity contribution < 1.29 is 0 Å². The van der Waals surface area contributed by atoms with Gasteiger partial charge in [-0.2, -0.15) is 0 Å². The van der Waals surface area contributed by atoms with Crippen LogP contribution in [0.25, 0.3) is 0 Å². The van der Waals surface area contributed by atoms with Gasteiger partial charge in [0.1, 0.15) is 69.2 Å². The first-order valence-corrected chi connectivity index (χ1v) is 21.3. The molecule has 60 heavy (non-hydrogen) atoms. The van der Waals surface area contributed by atoms with Crippen LogP contribution in [0.4, 0.5) is 0 Å². The number of nitrogens with one attached hydrogen (secondary N) is 4. The summed E-state index contributed by atoms with van der Waals surface area (Å²) in [7, 11) is 0. The molecule has 296 valence electrons. The van der Waals surface area contributed by atoms with Crippen molar-refractivity contribution in [1.29, 1.82) is 0 Å². The molecule has 0 radical (unpaired) electrons. The standard InChI is InChI=1S/C56H56N4/c1-29-21-33(5)49(34(6)22-29)53-41-13-15-43(57-41)54(50-35(7)23-30(2)24-36(50)8)45-17-19-47(59-45)56(52-39(11)27-32(4)28-40(52)12)48-20-18-46(60-48)55(44-16-14-42(53)58-44)51-37(9)25-31(3)26-38(51)10/h13-28,57-60H,1-12H3/q+4. The molecule has 0 saturated heterocycles. The zero-order chi connectivity index (χ0) is 42.3. The third-order valence-electron chi connectivity index (χ3n) is 12.6. The predicted molar refractivity (Wildman–Crippen MR) is 248 cm³/mol. The van der Waals surface area contributed by atoms with Gasteiger partial charge >= 0.3 is 0 Å². The Bertz CT molecular complexity index is 2370. The van der Waals surface area contributed by atoms with E-state index >= 15 is 0 Å². The molecule has 0 amide bonds. The molecule has 0 saturated carbocycles. The fourth-order valence-corrected chi connectivity index (χ4v) is 10.7. The van der Waals surface area contributed by atoms with E-state index in [0.29, 0.717) is 0 Å². The summed E-state index contributed by atoms with van der Waals surface area (Å²) in [6, 6.07) is 36.7. The summed E-state index contributed by atoms with van der Waals surface area (Å²) in [6.45, 7) is 26.7. The molecule has 8 aromatic rings. The highest BCUT2D eigenvalue weighted by Gasteiger charge is 2.40. The third-order valence-corrected chi connectivity index (χ3v) is 12.6. The molecule has 9 rings (SSSR count). The number of fused-ring (bicyclic) bond motifs is 8. The van der Waals surface area contributed by atoms with Gasteiger partial charge in [0.15, 0.2) is 0 Å². The lowest BCUT2D eigenvalue weighted by atomic mass is 9.85. The molecule has 8 bridgehead atoms. The molecule has 4 aromatic carbocycles. The van der Waals surface area contributed by atoms with Crippen LogP contribution in [-0.4, -0.2) is 19.9 Å². The first-order chi connectivity index (χ1) is 28.7. The van der Waals surface area contributed by atoms with Gasteiger partial charge in [0.25, 0.3) is 0 Å². The smallest absolute Gasteiger partial charge is 0.126 e. The van der Waals surface area contributed by atoms with Crippen molar-refractivity contribution >= 4 is 0 Å². The summed E-state index contributed by atoms with van der Waals surface area (Å²) in [6.07, 6.45) is 0. The van der Waals surface area contributed by atoms with Crippen LogP contribution in [0.2, 0.25) is 0 Å². The highest BCUT2D eigenvalue weighted by molar-refractivity contribution is 5.68. The summed E-state index contributed by atoms with van der Waals surface area (Å²) in [5.41, 5.74) is 28.6. The topological polar surface area (TPSA) is 63.2 Å². The summed E-state index contributed by atoms with van der Waals surface area (Å²) in [4.78, 5) is 16.1. The second-order valence-electron chi connectivity index (χ2n) is 17.7. The lowest BCUT2D eigenvalue weighted by molar-refractivity contribution is 0.985. The van der Waals surface area contributed by atoms with Crippen LogP contribution in [0.1, 0.15) is 135 Å². The molecule has 0 unspecified atom stereocenters. The molecule has 4 N–H and O–H groups in total. The fraction of sp³-hybridized carbons (Fsp3) is 0.214. The number of hydrogen-bond acceptors (Lipinski definition) is 0. The molecular formula is C56H56N4+4. The molecular weight excluding hydrogens is 729 g/mol. The van der Waals surface area contributed by atoms with Crippen LogP contribution in [0.15, 0.2) is 97.1 Å². The van der Waals surface area contributed by atoms with Crippen molar-refractivity contribution in [3.8, 4) is 0 Å². The van der Waals surface area contributed by atoms with Crippen molar-refractivity contribution in [2.75, 3.05) is 0 Å². The van der Waals surface area contributed by atoms with E-state index in [9.17, 15) is 0 Å². The number of H-pyrrole nitrogens is 4. The Balaban J connectivity index is 1.37. The Hall–Kier alpha value is -6.52. The minimum Gasteiger partial charge on any atom is -0.327 e. The Morgan fingerprint density at radius 3 is 0.500 bits per heavy atom. The lowest BCUT2D eigenvalue weighted by Crippen LogP contribution is -2.15. The molecule has 5 heterocycles. The van der Waals surface area contributed by atoms with E-state index in [4.69, 9.17) is 0 Å². The van der Waals surface area contributed by atoms with E-state index in [-0.39, 0.29) is 0 Å². The van der Waals surface area contributed by atoms with E-state index in [2.05, 4.69) is 200 Å². The summed E-state index contributed by atoms with van der Waals surface area (Å²) >= 11 is 0. The molecule has 4 heteroatoms. The van der Waals surface area contributed by atoms with Gasteiger partial charge in [-0.25, -0.2) is 0 Å². The Morgan fingerprint density at radius 2 is 0.367 bits per heavy atom. The molecule has 0 aliphatic carbocycles. The van der Waals surface area contributed by atoms with Gasteiger partial charge < -0.3 is 19.9 Å². The fourth-order valence-electron chi connectivity index (χ4n) is 10.7. The quantitative estimate of drug-likeness (QED) is 0.128. The Morgan fingerprint density at radius 1 is 0.233 bits per heavy atom. The average molecular weight is 785 g/mol. The number of rotatable bonds is 4. The number of benzene rings is 4. The summed E-state index contributed by atoms with van der Waals surface area (Å²) in [5, 5.41) is 0. The van der Waals surface area contributed by atoms with E-state index in [0.717, 1.165) is 69.2 Å². The maximum atomic E-state index is 4.03. The average Bonchev–Trinajstić information content (AvgIpc) is 3.99. The van der Waals surface area contributed by atoms with Crippen molar-refractivity contribution in [3.63, 3.8) is 0 Å². The molecule has 0 spiro atoms. The van der Waals surface area contributed by atoms with E-state index in [1.54, 1.807) is 0 Å².